The molecule has 0 fully saturated rings. The Balaban J connectivity index is 2.07. The minimum Gasteiger partial charge on any atom is -0.310 e. The molecule has 2 aromatic heterocycles. The van der Waals surface area contributed by atoms with Gasteiger partial charge < -0.3 is 5.32 Å². The maximum absolute atomic E-state index is 3.57. The number of thiophene rings is 2. The maximum Gasteiger partial charge on any atom is 0.0376 e. The SMILES string of the molecule is CCNC(Cc1ccc(CC)s1)c1ccsc1. The van der Waals surface area contributed by atoms with Crippen molar-refractivity contribution in [3.8, 4) is 0 Å². The molecule has 0 aliphatic rings. The van der Waals surface area contributed by atoms with Crippen molar-refractivity contribution in [2.24, 2.45) is 0 Å². The lowest BCUT2D eigenvalue weighted by Crippen LogP contribution is -2.22. The molecule has 3 heteroatoms. The molecule has 0 saturated heterocycles. The van der Waals surface area contributed by atoms with Gasteiger partial charge in [-0.15, -0.1) is 11.3 Å². The quantitative estimate of drug-likeness (QED) is 0.822. The number of aryl methyl sites for hydroxylation is 1. The zero-order valence-corrected chi connectivity index (χ0v) is 12.0. The largest absolute Gasteiger partial charge is 0.310 e. The summed E-state index contributed by atoms with van der Waals surface area (Å²) in [6, 6.07) is 7.23. The Hall–Kier alpha value is -0.640. The van der Waals surface area contributed by atoms with E-state index in [1.807, 2.05) is 11.3 Å². The average molecular weight is 265 g/mol. The van der Waals surface area contributed by atoms with Crippen LogP contribution >= 0.6 is 22.7 Å². The van der Waals surface area contributed by atoms with Crippen molar-refractivity contribution in [1.29, 1.82) is 0 Å². The first kappa shape index (κ1) is 12.8. The molecule has 0 bridgehead atoms. The first-order valence-corrected chi connectivity index (χ1v) is 7.92. The van der Waals surface area contributed by atoms with Gasteiger partial charge in [-0.05, 0) is 47.5 Å². The molecule has 0 amide bonds. The van der Waals surface area contributed by atoms with E-state index < -0.39 is 0 Å². The summed E-state index contributed by atoms with van der Waals surface area (Å²) in [6.45, 7) is 5.41. The van der Waals surface area contributed by atoms with Gasteiger partial charge in [0.15, 0.2) is 0 Å². The summed E-state index contributed by atoms with van der Waals surface area (Å²) in [5, 5.41) is 7.98. The molecule has 1 unspecified atom stereocenters. The second kappa shape index (κ2) is 6.34. The van der Waals surface area contributed by atoms with Crippen molar-refractivity contribution >= 4 is 22.7 Å². The predicted octanol–water partition coefficient (Wildman–Crippen LogP) is 4.27. The summed E-state index contributed by atoms with van der Waals surface area (Å²) in [5.41, 5.74) is 1.42. The lowest BCUT2D eigenvalue weighted by molar-refractivity contribution is 0.555. The fraction of sp³-hybridized carbons (Fsp3) is 0.429. The molecule has 1 atom stereocenters. The average Bonchev–Trinajstić information content (AvgIpc) is 2.99. The van der Waals surface area contributed by atoms with E-state index in [2.05, 4.69) is 48.1 Å². The third kappa shape index (κ3) is 3.41. The van der Waals surface area contributed by atoms with Crippen LogP contribution in [0, 0.1) is 0 Å². The molecular formula is C14H19NS2. The van der Waals surface area contributed by atoms with Crippen LogP contribution in [0.2, 0.25) is 0 Å². The fourth-order valence-electron chi connectivity index (χ4n) is 1.95. The summed E-state index contributed by atoms with van der Waals surface area (Å²) >= 11 is 3.73. The summed E-state index contributed by atoms with van der Waals surface area (Å²) < 4.78 is 0. The lowest BCUT2D eigenvalue weighted by Gasteiger charge is -2.15. The minimum atomic E-state index is 0.467. The van der Waals surface area contributed by atoms with Gasteiger partial charge in [-0.2, -0.15) is 11.3 Å². The van der Waals surface area contributed by atoms with Crippen molar-refractivity contribution in [2.45, 2.75) is 32.7 Å². The van der Waals surface area contributed by atoms with Crippen molar-refractivity contribution in [2.75, 3.05) is 6.54 Å². The molecule has 1 N–H and O–H groups in total. The van der Waals surface area contributed by atoms with E-state index >= 15 is 0 Å². The van der Waals surface area contributed by atoms with E-state index in [9.17, 15) is 0 Å². The van der Waals surface area contributed by atoms with E-state index in [0.29, 0.717) is 6.04 Å². The van der Waals surface area contributed by atoms with Gasteiger partial charge in [0.2, 0.25) is 0 Å². The predicted molar refractivity (Wildman–Crippen MR) is 78.1 cm³/mol. The van der Waals surface area contributed by atoms with Gasteiger partial charge in [0, 0.05) is 22.2 Å². The maximum atomic E-state index is 3.57. The fourth-order valence-corrected chi connectivity index (χ4v) is 3.67. The van der Waals surface area contributed by atoms with Crippen LogP contribution in [0.4, 0.5) is 0 Å². The van der Waals surface area contributed by atoms with Crippen LogP contribution in [-0.4, -0.2) is 6.54 Å². The number of hydrogen-bond donors (Lipinski definition) is 1. The first-order valence-electron chi connectivity index (χ1n) is 6.16. The second-order valence-electron chi connectivity index (χ2n) is 4.09. The molecule has 1 nitrogen and oxygen atoms in total. The van der Waals surface area contributed by atoms with Gasteiger partial charge in [-0.1, -0.05) is 13.8 Å². The monoisotopic (exact) mass is 265 g/mol. The van der Waals surface area contributed by atoms with E-state index in [-0.39, 0.29) is 0 Å². The summed E-state index contributed by atoms with van der Waals surface area (Å²) in [6.07, 6.45) is 2.25. The molecule has 2 aromatic rings. The molecule has 0 radical (unpaired) electrons. The van der Waals surface area contributed by atoms with Gasteiger partial charge in [0.25, 0.3) is 0 Å². The van der Waals surface area contributed by atoms with Crippen molar-refractivity contribution in [3.05, 3.63) is 44.3 Å². The Kier molecular flexibility index (Phi) is 4.77. The zero-order valence-electron chi connectivity index (χ0n) is 10.4. The van der Waals surface area contributed by atoms with Crippen molar-refractivity contribution in [1.82, 2.24) is 5.32 Å². The molecular weight excluding hydrogens is 246 g/mol. The van der Waals surface area contributed by atoms with Crippen molar-refractivity contribution in [3.63, 3.8) is 0 Å². The van der Waals surface area contributed by atoms with Crippen LogP contribution in [-0.2, 0) is 12.8 Å². The van der Waals surface area contributed by atoms with Crippen LogP contribution in [0.5, 0.6) is 0 Å². The van der Waals surface area contributed by atoms with E-state index in [1.165, 1.54) is 15.3 Å². The van der Waals surface area contributed by atoms with E-state index in [4.69, 9.17) is 0 Å². The second-order valence-corrected chi connectivity index (χ2v) is 6.13. The summed E-state index contributed by atoms with van der Waals surface area (Å²) in [4.78, 5) is 2.97. The van der Waals surface area contributed by atoms with Gasteiger partial charge in [0.05, 0.1) is 0 Å². The number of hydrogen-bond acceptors (Lipinski definition) is 3. The molecule has 0 saturated carbocycles. The topological polar surface area (TPSA) is 12.0 Å². The smallest absolute Gasteiger partial charge is 0.0376 e. The normalized spacial score (nSPS) is 12.8. The zero-order chi connectivity index (χ0) is 12.1. The standard InChI is InChI=1S/C14H19NS2/c1-3-12-5-6-13(17-12)9-14(15-4-2)11-7-8-16-10-11/h5-8,10,14-15H,3-4,9H2,1-2H3. The highest BCUT2D eigenvalue weighted by atomic mass is 32.1. The molecule has 0 aromatic carbocycles. The summed E-state index contributed by atoms with van der Waals surface area (Å²) in [7, 11) is 0. The van der Waals surface area contributed by atoms with Crippen LogP contribution < -0.4 is 5.32 Å². The number of likely N-dealkylation sites (N-methyl/N-ethyl adjacent to an activating group) is 1. The summed E-state index contributed by atoms with van der Waals surface area (Å²) in [5.74, 6) is 0. The molecule has 2 rings (SSSR count). The Bertz CT molecular complexity index is 431. The van der Waals surface area contributed by atoms with Crippen molar-refractivity contribution < 1.29 is 0 Å². The van der Waals surface area contributed by atoms with Crippen LogP contribution in [0.25, 0.3) is 0 Å². The third-order valence-corrected chi connectivity index (χ3v) is 4.82. The Labute approximate surface area is 112 Å². The Morgan fingerprint density at radius 3 is 2.59 bits per heavy atom. The first-order chi connectivity index (χ1) is 8.33. The van der Waals surface area contributed by atoms with Gasteiger partial charge in [-0.3, -0.25) is 0 Å². The number of rotatable bonds is 6. The minimum absolute atomic E-state index is 0.467. The van der Waals surface area contributed by atoms with Gasteiger partial charge in [0.1, 0.15) is 0 Å². The lowest BCUT2D eigenvalue weighted by atomic mass is 10.1. The highest BCUT2D eigenvalue weighted by Gasteiger charge is 2.12. The van der Waals surface area contributed by atoms with Gasteiger partial charge >= 0.3 is 0 Å². The van der Waals surface area contributed by atoms with E-state index in [1.54, 1.807) is 11.3 Å². The molecule has 0 aliphatic heterocycles. The molecule has 0 aliphatic carbocycles. The van der Waals surface area contributed by atoms with Gasteiger partial charge in [-0.25, -0.2) is 0 Å². The molecule has 92 valence electrons. The van der Waals surface area contributed by atoms with Crippen LogP contribution in [0.15, 0.2) is 29.0 Å². The highest BCUT2D eigenvalue weighted by molar-refractivity contribution is 7.12. The molecule has 2 heterocycles. The molecule has 0 spiro atoms. The van der Waals surface area contributed by atoms with E-state index in [0.717, 1.165) is 19.4 Å². The van der Waals surface area contributed by atoms with Crippen LogP contribution in [0.3, 0.4) is 0 Å². The van der Waals surface area contributed by atoms with Crippen LogP contribution in [0.1, 0.15) is 35.2 Å². The Morgan fingerprint density at radius 2 is 2.00 bits per heavy atom. The Morgan fingerprint density at radius 1 is 1.18 bits per heavy atom. The number of nitrogens with one attached hydrogen (secondary N) is 1. The molecule has 17 heavy (non-hydrogen) atoms. The third-order valence-electron chi connectivity index (χ3n) is 2.87. The highest BCUT2D eigenvalue weighted by Crippen LogP contribution is 2.25.